The number of aryl methyl sites for hydroxylation is 1. The number of urea groups is 1. The number of nitrogens with one attached hydrogen (secondary N) is 2. The Morgan fingerprint density at radius 2 is 2.04 bits per heavy atom. The summed E-state index contributed by atoms with van der Waals surface area (Å²) in [5.74, 6) is 0.508. The number of hydrogen-bond donors (Lipinski definition) is 2. The van der Waals surface area contributed by atoms with Crippen LogP contribution in [0.2, 0.25) is 0 Å². The summed E-state index contributed by atoms with van der Waals surface area (Å²) in [5, 5.41) is 6.02. The van der Waals surface area contributed by atoms with Crippen LogP contribution in [-0.4, -0.2) is 36.0 Å². The molecule has 1 aromatic rings. The van der Waals surface area contributed by atoms with Crippen LogP contribution in [0.3, 0.4) is 0 Å². The Balaban J connectivity index is 1.26. The van der Waals surface area contributed by atoms with Gasteiger partial charge in [-0.05, 0) is 36.8 Å². The third kappa shape index (κ3) is 3.05. The second-order valence-electron chi connectivity index (χ2n) is 6.99. The lowest BCUT2D eigenvalue weighted by Gasteiger charge is -2.17. The van der Waals surface area contributed by atoms with Crippen molar-refractivity contribution < 1.29 is 9.59 Å². The van der Waals surface area contributed by atoms with E-state index in [4.69, 9.17) is 0 Å². The Hall–Kier alpha value is -2.04. The number of hydrogen-bond acceptors (Lipinski definition) is 2. The smallest absolute Gasteiger partial charge is 0.315 e. The highest BCUT2D eigenvalue weighted by molar-refractivity contribution is 5.79. The molecule has 2 aliphatic carbocycles. The fraction of sp³-hybridized carbons (Fsp3) is 0.556. The number of likely N-dealkylation sites (tertiary alicyclic amines) is 1. The summed E-state index contributed by atoms with van der Waals surface area (Å²) in [6.07, 6.45) is 4.85. The number of carbonyl (C=O) groups is 2. The van der Waals surface area contributed by atoms with Gasteiger partial charge in [0.2, 0.25) is 5.91 Å². The molecule has 1 aromatic carbocycles. The van der Waals surface area contributed by atoms with E-state index >= 15 is 0 Å². The summed E-state index contributed by atoms with van der Waals surface area (Å²) in [7, 11) is 0. The fourth-order valence-corrected chi connectivity index (χ4v) is 3.84. The lowest BCUT2D eigenvalue weighted by atomic mass is 10.1. The molecule has 5 nitrogen and oxygen atoms in total. The SMILES string of the molecule is O=C(NC[C@H]1CC(=O)N(C2CC2)C1)N[C@@H]1CCc2ccccc21. The molecule has 3 amide bonds. The molecule has 2 atom stereocenters. The minimum atomic E-state index is -0.121. The summed E-state index contributed by atoms with van der Waals surface area (Å²) in [4.78, 5) is 26.1. The maximum Gasteiger partial charge on any atom is 0.315 e. The van der Waals surface area contributed by atoms with E-state index in [0.29, 0.717) is 19.0 Å². The van der Waals surface area contributed by atoms with Gasteiger partial charge >= 0.3 is 6.03 Å². The number of rotatable bonds is 4. The van der Waals surface area contributed by atoms with Crippen molar-refractivity contribution >= 4 is 11.9 Å². The molecule has 122 valence electrons. The van der Waals surface area contributed by atoms with Crippen molar-refractivity contribution in [3.63, 3.8) is 0 Å². The van der Waals surface area contributed by atoms with Gasteiger partial charge in [0.25, 0.3) is 0 Å². The van der Waals surface area contributed by atoms with E-state index in [2.05, 4.69) is 22.8 Å². The lowest BCUT2D eigenvalue weighted by Crippen LogP contribution is -2.40. The first kappa shape index (κ1) is 14.5. The zero-order chi connectivity index (χ0) is 15.8. The zero-order valence-corrected chi connectivity index (χ0v) is 13.3. The molecule has 0 bridgehead atoms. The van der Waals surface area contributed by atoms with E-state index < -0.39 is 0 Å². The number of benzene rings is 1. The van der Waals surface area contributed by atoms with Crippen molar-refractivity contribution in [3.8, 4) is 0 Å². The Morgan fingerprint density at radius 3 is 2.87 bits per heavy atom. The highest BCUT2D eigenvalue weighted by Crippen LogP contribution is 2.32. The minimum absolute atomic E-state index is 0.111. The molecule has 0 radical (unpaired) electrons. The fourth-order valence-electron chi connectivity index (χ4n) is 3.84. The molecule has 0 spiro atoms. The van der Waals surface area contributed by atoms with Gasteiger partial charge in [-0.3, -0.25) is 4.79 Å². The van der Waals surface area contributed by atoms with Crippen LogP contribution < -0.4 is 10.6 Å². The molecule has 23 heavy (non-hydrogen) atoms. The van der Waals surface area contributed by atoms with Crippen molar-refractivity contribution in [2.24, 2.45) is 5.92 Å². The average molecular weight is 313 g/mol. The predicted molar refractivity (Wildman–Crippen MR) is 86.9 cm³/mol. The largest absolute Gasteiger partial charge is 0.339 e. The summed E-state index contributed by atoms with van der Waals surface area (Å²) in [6, 6.07) is 8.76. The van der Waals surface area contributed by atoms with Crippen LogP contribution in [0.1, 0.15) is 42.9 Å². The highest BCUT2D eigenvalue weighted by atomic mass is 16.2. The Morgan fingerprint density at radius 1 is 1.22 bits per heavy atom. The minimum Gasteiger partial charge on any atom is -0.339 e. The molecule has 3 aliphatic rings. The van der Waals surface area contributed by atoms with Gasteiger partial charge in [-0.2, -0.15) is 0 Å². The van der Waals surface area contributed by atoms with Gasteiger partial charge in [-0.1, -0.05) is 24.3 Å². The molecule has 2 fully saturated rings. The number of amides is 3. The number of carbonyl (C=O) groups excluding carboxylic acids is 2. The summed E-state index contributed by atoms with van der Waals surface area (Å²) in [6.45, 7) is 1.38. The zero-order valence-electron chi connectivity index (χ0n) is 13.3. The first-order valence-electron chi connectivity index (χ1n) is 8.62. The van der Waals surface area contributed by atoms with Gasteiger partial charge in [0, 0.05) is 31.5 Å². The summed E-state index contributed by atoms with van der Waals surface area (Å²) in [5.41, 5.74) is 2.57. The second-order valence-corrected chi connectivity index (χ2v) is 6.99. The van der Waals surface area contributed by atoms with E-state index in [1.54, 1.807) is 0 Å². The van der Waals surface area contributed by atoms with Crippen molar-refractivity contribution in [1.82, 2.24) is 15.5 Å². The molecule has 2 N–H and O–H groups in total. The van der Waals surface area contributed by atoms with Crippen LogP contribution in [0.4, 0.5) is 4.79 Å². The summed E-state index contributed by atoms with van der Waals surface area (Å²) >= 11 is 0. The number of fused-ring (bicyclic) bond motifs is 1. The van der Waals surface area contributed by atoms with Gasteiger partial charge < -0.3 is 15.5 Å². The van der Waals surface area contributed by atoms with Crippen molar-refractivity contribution in [2.45, 2.75) is 44.2 Å². The Labute approximate surface area is 136 Å². The van der Waals surface area contributed by atoms with Crippen LogP contribution in [0.5, 0.6) is 0 Å². The predicted octanol–water partition coefficient (Wildman–Crippen LogP) is 1.98. The van der Waals surface area contributed by atoms with E-state index in [0.717, 1.165) is 32.2 Å². The molecule has 4 rings (SSSR count). The highest BCUT2D eigenvalue weighted by Gasteiger charge is 2.39. The topological polar surface area (TPSA) is 61.4 Å². The molecular weight excluding hydrogens is 290 g/mol. The maximum absolute atomic E-state index is 12.2. The van der Waals surface area contributed by atoms with Crippen LogP contribution >= 0.6 is 0 Å². The first-order chi connectivity index (χ1) is 11.2. The standard InChI is InChI=1S/C18H23N3O2/c22-17-9-12(11-21(17)14-6-7-14)10-19-18(23)20-16-8-5-13-3-1-2-4-15(13)16/h1-4,12,14,16H,5-11H2,(H2,19,20,23)/t12-,16-/m1/s1. The van der Waals surface area contributed by atoms with E-state index in [-0.39, 0.29) is 23.9 Å². The molecule has 0 unspecified atom stereocenters. The van der Waals surface area contributed by atoms with E-state index in [9.17, 15) is 9.59 Å². The van der Waals surface area contributed by atoms with Crippen LogP contribution in [0, 0.1) is 5.92 Å². The van der Waals surface area contributed by atoms with Crippen LogP contribution in [-0.2, 0) is 11.2 Å². The third-order valence-electron chi connectivity index (χ3n) is 5.22. The summed E-state index contributed by atoms with van der Waals surface area (Å²) < 4.78 is 0. The molecule has 1 heterocycles. The van der Waals surface area contributed by atoms with Crippen LogP contribution in [0.15, 0.2) is 24.3 Å². The Kier molecular flexibility index (Phi) is 3.71. The van der Waals surface area contributed by atoms with E-state index in [1.165, 1.54) is 11.1 Å². The quantitative estimate of drug-likeness (QED) is 0.893. The molecule has 1 aliphatic heterocycles. The lowest BCUT2D eigenvalue weighted by molar-refractivity contribution is -0.128. The van der Waals surface area contributed by atoms with Crippen molar-refractivity contribution in [1.29, 1.82) is 0 Å². The molecule has 1 saturated heterocycles. The normalized spacial score (nSPS) is 26.3. The van der Waals surface area contributed by atoms with Gasteiger partial charge in [-0.25, -0.2) is 4.79 Å². The van der Waals surface area contributed by atoms with Gasteiger partial charge in [-0.15, -0.1) is 0 Å². The van der Waals surface area contributed by atoms with Crippen LogP contribution in [0.25, 0.3) is 0 Å². The van der Waals surface area contributed by atoms with Gasteiger partial charge in [0.1, 0.15) is 0 Å². The van der Waals surface area contributed by atoms with Crippen molar-refractivity contribution in [3.05, 3.63) is 35.4 Å². The monoisotopic (exact) mass is 313 g/mol. The number of nitrogens with zero attached hydrogens (tertiary/aromatic N) is 1. The molecule has 1 saturated carbocycles. The van der Waals surface area contributed by atoms with E-state index in [1.807, 2.05) is 17.0 Å². The first-order valence-corrected chi connectivity index (χ1v) is 8.62. The van der Waals surface area contributed by atoms with Gasteiger partial charge in [0.05, 0.1) is 6.04 Å². The Bertz CT molecular complexity index is 626. The molecule has 5 heteroatoms. The second kappa shape index (κ2) is 5.87. The van der Waals surface area contributed by atoms with Crippen molar-refractivity contribution in [2.75, 3.05) is 13.1 Å². The average Bonchev–Trinajstić information content (AvgIpc) is 3.22. The third-order valence-corrected chi connectivity index (χ3v) is 5.22. The van der Waals surface area contributed by atoms with Gasteiger partial charge in [0.15, 0.2) is 0 Å². The molecular formula is C18H23N3O2. The maximum atomic E-state index is 12.2. The molecule has 0 aromatic heterocycles.